The van der Waals surface area contributed by atoms with Crippen LogP contribution in [-0.2, 0) is 0 Å². The lowest BCUT2D eigenvalue weighted by Gasteiger charge is -2.30. The van der Waals surface area contributed by atoms with Crippen molar-refractivity contribution in [1.82, 2.24) is 10.6 Å². The zero-order valence-electron chi connectivity index (χ0n) is 6.00. The van der Waals surface area contributed by atoms with Crippen LogP contribution in [0.2, 0.25) is 0 Å². The van der Waals surface area contributed by atoms with Gasteiger partial charge in [-0.25, -0.2) is 0 Å². The lowest BCUT2D eigenvalue weighted by molar-refractivity contribution is 0.122. The summed E-state index contributed by atoms with van der Waals surface area (Å²) in [5.41, 5.74) is 10.5. The summed E-state index contributed by atoms with van der Waals surface area (Å²) in [5, 5.41) is 14.8. The molecular weight excluding hydrogens is 164 g/mol. The van der Waals surface area contributed by atoms with E-state index >= 15 is 0 Å². The van der Waals surface area contributed by atoms with Crippen LogP contribution in [0, 0.1) is 0 Å². The van der Waals surface area contributed by atoms with Crippen molar-refractivity contribution in [1.29, 1.82) is 0 Å². The maximum absolute atomic E-state index is 9.17. The molecule has 0 aromatic heterocycles. The van der Waals surface area contributed by atoms with Gasteiger partial charge >= 0.3 is 0 Å². The number of fused-ring (bicyclic) bond motifs is 1. The third-order valence-corrected chi connectivity index (χ3v) is 3.56. The first-order valence-electron chi connectivity index (χ1n) is 3.45. The highest BCUT2D eigenvalue weighted by molar-refractivity contribution is 7.99. The summed E-state index contributed by atoms with van der Waals surface area (Å²) in [7, 11) is 0. The Morgan fingerprint density at radius 2 is 1.73 bits per heavy atom. The van der Waals surface area contributed by atoms with Gasteiger partial charge in [-0.05, 0) is 0 Å². The Morgan fingerprint density at radius 1 is 1.27 bits per heavy atom. The van der Waals surface area contributed by atoms with E-state index in [4.69, 9.17) is 11.5 Å². The number of hydrogen-bond donors (Lipinski definition) is 5. The Kier molecular flexibility index (Phi) is 1.48. The number of aliphatic hydroxyl groups excluding tert-OH is 1. The molecule has 2 saturated heterocycles. The number of aliphatic hydroxyl groups is 1. The van der Waals surface area contributed by atoms with Gasteiger partial charge in [0.2, 0.25) is 0 Å². The second-order valence-electron chi connectivity index (χ2n) is 3.13. The van der Waals surface area contributed by atoms with E-state index in [1.807, 2.05) is 0 Å². The molecule has 2 heterocycles. The van der Waals surface area contributed by atoms with Crippen molar-refractivity contribution >= 4 is 11.8 Å². The molecule has 2 unspecified atom stereocenters. The summed E-state index contributed by atoms with van der Waals surface area (Å²) in [6.45, 7) is 0. The molecule has 0 saturated carbocycles. The Morgan fingerprint density at radius 3 is 2.18 bits per heavy atom. The zero-order valence-corrected chi connectivity index (χ0v) is 6.82. The van der Waals surface area contributed by atoms with Crippen LogP contribution in [0.25, 0.3) is 0 Å². The summed E-state index contributed by atoms with van der Waals surface area (Å²) in [4.78, 5) is 0. The minimum Gasteiger partial charge on any atom is -0.365 e. The van der Waals surface area contributed by atoms with Crippen molar-refractivity contribution in [2.75, 3.05) is 11.5 Å². The number of nitrogens with two attached hydrogens (primary N) is 2. The molecule has 6 heteroatoms. The summed E-state index contributed by atoms with van der Waals surface area (Å²) >= 11 is 1.68. The maximum Gasteiger partial charge on any atom is 0.163 e. The van der Waals surface area contributed by atoms with E-state index in [0.717, 1.165) is 11.5 Å². The first-order chi connectivity index (χ1) is 5.06. The maximum atomic E-state index is 9.17. The van der Waals surface area contributed by atoms with Gasteiger partial charge in [0.1, 0.15) is 11.3 Å². The minimum atomic E-state index is -0.772. The minimum absolute atomic E-state index is 0.656. The van der Waals surface area contributed by atoms with Crippen LogP contribution in [0.5, 0.6) is 0 Å². The van der Waals surface area contributed by atoms with Gasteiger partial charge in [-0.2, -0.15) is 11.8 Å². The molecule has 0 amide bonds. The van der Waals surface area contributed by atoms with Crippen LogP contribution in [0.3, 0.4) is 0 Å². The molecule has 0 spiro atoms. The molecule has 0 bridgehead atoms. The van der Waals surface area contributed by atoms with Gasteiger partial charge in [0.25, 0.3) is 0 Å². The smallest absolute Gasteiger partial charge is 0.163 e. The average molecular weight is 176 g/mol. The largest absolute Gasteiger partial charge is 0.365 e. The van der Waals surface area contributed by atoms with Crippen LogP contribution in [-0.4, -0.2) is 34.3 Å². The van der Waals surface area contributed by atoms with Crippen molar-refractivity contribution < 1.29 is 5.11 Å². The van der Waals surface area contributed by atoms with E-state index < -0.39 is 17.7 Å². The molecule has 11 heavy (non-hydrogen) atoms. The number of hydrogen-bond acceptors (Lipinski definition) is 6. The molecule has 2 aliphatic rings. The van der Waals surface area contributed by atoms with E-state index in [9.17, 15) is 5.11 Å². The SMILES string of the molecule is NC12CSC[C@@]1(N)NC(O)N2. The van der Waals surface area contributed by atoms with Crippen molar-refractivity contribution in [3.63, 3.8) is 0 Å². The van der Waals surface area contributed by atoms with Gasteiger partial charge in [0.15, 0.2) is 6.35 Å². The highest BCUT2D eigenvalue weighted by Gasteiger charge is 2.57. The monoisotopic (exact) mass is 176 g/mol. The molecule has 7 N–H and O–H groups in total. The third-order valence-electron chi connectivity index (χ3n) is 2.24. The third kappa shape index (κ3) is 0.915. The molecule has 5 nitrogen and oxygen atoms in total. The quantitative estimate of drug-likeness (QED) is 0.280. The van der Waals surface area contributed by atoms with Gasteiger partial charge in [-0.1, -0.05) is 0 Å². The summed E-state index contributed by atoms with van der Waals surface area (Å²) < 4.78 is 0. The first kappa shape index (κ1) is 7.78. The average Bonchev–Trinajstić information content (AvgIpc) is 2.16. The van der Waals surface area contributed by atoms with Crippen LogP contribution < -0.4 is 22.1 Å². The van der Waals surface area contributed by atoms with Crippen molar-refractivity contribution in [3.8, 4) is 0 Å². The number of nitrogens with one attached hydrogen (secondary N) is 2. The lowest BCUT2D eigenvalue weighted by atomic mass is 10.0. The van der Waals surface area contributed by atoms with Crippen LogP contribution in [0.4, 0.5) is 0 Å². The predicted octanol–water partition coefficient (Wildman–Crippen LogP) is -2.49. The molecule has 0 aromatic rings. The van der Waals surface area contributed by atoms with Crippen LogP contribution in [0.15, 0.2) is 0 Å². The molecular formula is C5H12N4OS. The fourth-order valence-electron chi connectivity index (χ4n) is 1.50. The molecule has 2 rings (SSSR count). The van der Waals surface area contributed by atoms with Crippen LogP contribution in [0.1, 0.15) is 0 Å². The van der Waals surface area contributed by atoms with Gasteiger partial charge in [0.05, 0.1) is 0 Å². The normalized spacial score (nSPS) is 56.5. The molecule has 3 atom stereocenters. The lowest BCUT2D eigenvalue weighted by Crippen LogP contribution is -2.70. The summed E-state index contributed by atoms with van der Waals surface area (Å²) in [6, 6.07) is 0. The molecule has 0 aliphatic carbocycles. The van der Waals surface area contributed by atoms with E-state index in [2.05, 4.69) is 10.6 Å². The first-order valence-corrected chi connectivity index (χ1v) is 4.60. The standard InChI is InChI=1S/C5H12N4OS/c6-4-1-11-2-5(4,7)9-3(10)8-4/h3,8-10H,1-2,6-7H2/t3?,4-,5?/m1/s1. The molecule has 0 aromatic carbocycles. The topological polar surface area (TPSA) is 96.3 Å². The fourth-order valence-corrected chi connectivity index (χ4v) is 2.92. The van der Waals surface area contributed by atoms with Crippen LogP contribution >= 0.6 is 11.8 Å². The summed E-state index contributed by atoms with van der Waals surface area (Å²) in [6.07, 6.45) is -0.772. The highest BCUT2D eigenvalue weighted by Crippen LogP contribution is 2.33. The Hall–Kier alpha value is 0.150. The van der Waals surface area contributed by atoms with E-state index in [-0.39, 0.29) is 0 Å². The fraction of sp³-hybridized carbons (Fsp3) is 1.00. The van der Waals surface area contributed by atoms with Gasteiger partial charge < -0.3 is 16.6 Å². The Labute approximate surface area is 68.9 Å². The predicted molar refractivity (Wildman–Crippen MR) is 43.4 cm³/mol. The van der Waals surface area contributed by atoms with Crippen molar-refractivity contribution in [2.24, 2.45) is 11.5 Å². The zero-order chi connectivity index (χ0) is 8.11. The highest BCUT2D eigenvalue weighted by atomic mass is 32.2. The Balaban J connectivity index is 2.28. The second-order valence-corrected chi connectivity index (χ2v) is 4.11. The second kappa shape index (κ2) is 2.09. The Bertz CT molecular complexity index is 173. The number of rotatable bonds is 0. The molecule has 0 radical (unpaired) electrons. The van der Waals surface area contributed by atoms with Gasteiger partial charge in [0, 0.05) is 11.5 Å². The number of thioether (sulfide) groups is 1. The summed E-state index contributed by atoms with van der Waals surface area (Å²) in [5.74, 6) is 1.46. The van der Waals surface area contributed by atoms with Crippen molar-refractivity contribution in [2.45, 2.75) is 17.7 Å². The van der Waals surface area contributed by atoms with Gasteiger partial charge in [-0.15, -0.1) is 0 Å². The molecule has 2 fully saturated rings. The molecule has 64 valence electrons. The van der Waals surface area contributed by atoms with E-state index in [1.165, 1.54) is 0 Å². The molecule has 2 aliphatic heterocycles. The van der Waals surface area contributed by atoms with E-state index in [1.54, 1.807) is 11.8 Å². The van der Waals surface area contributed by atoms with E-state index in [0.29, 0.717) is 0 Å². The van der Waals surface area contributed by atoms with Crippen molar-refractivity contribution in [3.05, 3.63) is 0 Å². The van der Waals surface area contributed by atoms with Gasteiger partial charge in [-0.3, -0.25) is 10.6 Å².